The van der Waals surface area contributed by atoms with Crippen LogP contribution in [0, 0.1) is 0 Å². The first-order valence-corrected chi connectivity index (χ1v) is 8.67. The minimum Gasteiger partial charge on any atom is -0.497 e. The molecule has 1 aromatic carbocycles. The maximum absolute atomic E-state index is 12.5. The minimum absolute atomic E-state index is 0.0318. The van der Waals surface area contributed by atoms with Gasteiger partial charge in [-0.2, -0.15) is 13.2 Å². The van der Waals surface area contributed by atoms with Crippen LogP contribution in [0.3, 0.4) is 0 Å². The van der Waals surface area contributed by atoms with Gasteiger partial charge in [0, 0.05) is 19.6 Å². The van der Waals surface area contributed by atoms with E-state index in [0.29, 0.717) is 11.3 Å². The zero-order chi connectivity index (χ0) is 17.3. The Bertz CT molecular complexity index is 648. The van der Waals surface area contributed by atoms with Crippen molar-refractivity contribution in [1.82, 2.24) is 4.90 Å². The molecule has 2 rings (SSSR count). The second-order valence-electron chi connectivity index (χ2n) is 5.45. The molecule has 0 amide bonds. The third-order valence-corrected chi connectivity index (χ3v) is 5.86. The molecule has 1 unspecified atom stereocenters. The summed E-state index contributed by atoms with van der Waals surface area (Å²) >= 11 is 0. The van der Waals surface area contributed by atoms with Crippen molar-refractivity contribution in [2.45, 2.75) is 17.5 Å². The molecule has 2 atom stereocenters. The average Bonchev–Trinajstić information content (AvgIpc) is 2.48. The zero-order valence-corrected chi connectivity index (χ0v) is 13.3. The summed E-state index contributed by atoms with van der Waals surface area (Å²) in [6.45, 7) is -0.766. The monoisotopic (exact) mass is 353 g/mol. The normalized spacial score (nSPS) is 23.4. The van der Waals surface area contributed by atoms with E-state index in [1.807, 2.05) is 0 Å². The Morgan fingerprint density at radius 1 is 1.43 bits per heavy atom. The molecule has 0 bridgehead atoms. The Balaban J connectivity index is 2.19. The van der Waals surface area contributed by atoms with Crippen molar-refractivity contribution < 1.29 is 31.4 Å². The van der Waals surface area contributed by atoms with E-state index in [9.17, 15) is 26.7 Å². The van der Waals surface area contributed by atoms with Crippen molar-refractivity contribution in [2.75, 3.05) is 32.5 Å². The summed E-state index contributed by atoms with van der Waals surface area (Å²) in [6.07, 6.45) is -7.21. The first-order chi connectivity index (χ1) is 10.6. The summed E-state index contributed by atoms with van der Waals surface area (Å²) in [4.78, 5) is 1.32. The first kappa shape index (κ1) is 18.0. The van der Waals surface area contributed by atoms with E-state index in [2.05, 4.69) is 0 Å². The Hall–Kier alpha value is -1.32. The van der Waals surface area contributed by atoms with Crippen LogP contribution in [-0.2, 0) is 9.84 Å². The highest BCUT2D eigenvalue weighted by molar-refractivity contribution is 7.91. The van der Waals surface area contributed by atoms with Crippen molar-refractivity contribution in [2.24, 2.45) is 0 Å². The van der Waals surface area contributed by atoms with Crippen LogP contribution < -0.4 is 4.74 Å². The van der Waals surface area contributed by atoms with E-state index in [0.717, 1.165) is 0 Å². The first-order valence-electron chi connectivity index (χ1n) is 6.96. The number of ether oxygens (including phenoxy) is 1. The van der Waals surface area contributed by atoms with Gasteiger partial charge in [0.1, 0.15) is 5.75 Å². The molecular weight excluding hydrogens is 335 g/mol. The third-order valence-electron chi connectivity index (χ3n) is 3.82. The number of alkyl halides is 3. The van der Waals surface area contributed by atoms with E-state index in [1.54, 1.807) is 24.3 Å². The molecule has 5 nitrogen and oxygen atoms in total. The Kier molecular flexibility index (Phi) is 5.22. The van der Waals surface area contributed by atoms with Gasteiger partial charge in [-0.25, -0.2) is 8.42 Å². The fraction of sp³-hybridized carbons (Fsp3) is 0.571. The van der Waals surface area contributed by atoms with Gasteiger partial charge in [-0.05, 0) is 17.7 Å². The molecule has 0 saturated carbocycles. The minimum atomic E-state index is -4.72. The summed E-state index contributed by atoms with van der Waals surface area (Å²) in [5.74, 6) is 0.226. The van der Waals surface area contributed by atoms with Crippen LogP contribution in [-0.4, -0.2) is 63.2 Å². The van der Waals surface area contributed by atoms with Crippen molar-refractivity contribution in [3.63, 3.8) is 0 Å². The second kappa shape index (κ2) is 6.66. The smallest absolute Gasteiger partial charge is 0.415 e. The van der Waals surface area contributed by atoms with E-state index in [4.69, 9.17) is 4.74 Å². The third kappa shape index (κ3) is 4.36. The summed E-state index contributed by atoms with van der Waals surface area (Å²) in [5, 5.41) is 8.23. The Morgan fingerprint density at radius 3 is 2.74 bits per heavy atom. The van der Waals surface area contributed by atoms with Crippen LogP contribution in [0.15, 0.2) is 24.3 Å². The summed E-state index contributed by atoms with van der Waals surface area (Å²) in [7, 11) is -2.02. The fourth-order valence-corrected chi connectivity index (χ4v) is 4.30. The standard InChI is InChI=1S/C14H18F3NO4S/c1-22-11-4-2-3-10(7-11)12-8-18(5-6-23(12,20)21)9-13(19)14(15,16)17/h2-4,7,12-13,19H,5-6,8-9H2,1H3/t12-,13?/m1/s1. The van der Waals surface area contributed by atoms with Crippen molar-refractivity contribution in [3.8, 4) is 5.75 Å². The number of hydrogen-bond donors (Lipinski definition) is 1. The summed E-state index contributed by atoms with van der Waals surface area (Å²) < 4.78 is 67.0. The molecule has 23 heavy (non-hydrogen) atoms. The molecule has 1 heterocycles. The molecule has 130 valence electrons. The molecule has 9 heteroatoms. The topological polar surface area (TPSA) is 66.8 Å². The lowest BCUT2D eigenvalue weighted by Gasteiger charge is -2.34. The van der Waals surface area contributed by atoms with Gasteiger partial charge in [-0.3, -0.25) is 4.90 Å². The number of rotatable bonds is 4. The second-order valence-corrected chi connectivity index (χ2v) is 7.75. The predicted molar refractivity (Wildman–Crippen MR) is 78.0 cm³/mol. The van der Waals surface area contributed by atoms with Crippen LogP contribution in [0.4, 0.5) is 13.2 Å². The highest BCUT2D eigenvalue weighted by Crippen LogP contribution is 2.31. The number of hydrogen-bond acceptors (Lipinski definition) is 5. The van der Waals surface area contributed by atoms with Gasteiger partial charge < -0.3 is 9.84 Å². The maximum Gasteiger partial charge on any atom is 0.415 e. The number of aliphatic hydroxyl groups excluding tert-OH is 1. The van der Waals surface area contributed by atoms with Gasteiger partial charge >= 0.3 is 6.18 Å². The highest BCUT2D eigenvalue weighted by Gasteiger charge is 2.41. The number of benzene rings is 1. The molecule has 1 aliphatic rings. The average molecular weight is 353 g/mol. The van der Waals surface area contributed by atoms with Crippen LogP contribution in [0.1, 0.15) is 10.8 Å². The van der Waals surface area contributed by atoms with Gasteiger partial charge in [0.25, 0.3) is 0 Å². The van der Waals surface area contributed by atoms with Gasteiger partial charge in [0.2, 0.25) is 0 Å². The molecule has 1 aliphatic heterocycles. The number of sulfone groups is 1. The number of aliphatic hydroxyl groups is 1. The van der Waals surface area contributed by atoms with Crippen molar-refractivity contribution in [1.29, 1.82) is 0 Å². The molecule has 0 radical (unpaired) electrons. The van der Waals surface area contributed by atoms with Crippen LogP contribution in [0.5, 0.6) is 5.75 Å². The van der Waals surface area contributed by atoms with E-state index in [1.165, 1.54) is 12.0 Å². The van der Waals surface area contributed by atoms with Gasteiger partial charge in [-0.1, -0.05) is 12.1 Å². The van der Waals surface area contributed by atoms with Gasteiger partial charge in [0.05, 0.1) is 18.1 Å². The van der Waals surface area contributed by atoms with E-state index >= 15 is 0 Å². The Labute approximate surface area is 132 Å². The SMILES string of the molecule is COc1cccc([C@H]2CN(CC(O)C(F)(F)F)CCS2(=O)=O)c1. The largest absolute Gasteiger partial charge is 0.497 e. The van der Waals surface area contributed by atoms with E-state index < -0.39 is 33.9 Å². The molecule has 0 spiro atoms. The molecule has 1 saturated heterocycles. The molecule has 0 aliphatic carbocycles. The van der Waals surface area contributed by atoms with Crippen LogP contribution >= 0.6 is 0 Å². The van der Waals surface area contributed by atoms with Gasteiger partial charge in [-0.15, -0.1) is 0 Å². The number of halogens is 3. The molecule has 1 aromatic rings. The quantitative estimate of drug-likeness (QED) is 0.886. The maximum atomic E-state index is 12.5. The molecular formula is C14H18F3NO4S. The zero-order valence-electron chi connectivity index (χ0n) is 12.5. The highest BCUT2D eigenvalue weighted by atomic mass is 32.2. The van der Waals surface area contributed by atoms with Crippen molar-refractivity contribution in [3.05, 3.63) is 29.8 Å². The lowest BCUT2D eigenvalue weighted by Crippen LogP contribution is -2.48. The van der Waals surface area contributed by atoms with Crippen molar-refractivity contribution >= 4 is 9.84 Å². The molecule has 0 aromatic heterocycles. The number of methoxy groups -OCH3 is 1. The number of nitrogens with zero attached hydrogens (tertiary/aromatic N) is 1. The lowest BCUT2D eigenvalue weighted by molar-refractivity contribution is -0.208. The van der Waals surface area contributed by atoms with E-state index in [-0.39, 0.29) is 18.8 Å². The fourth-order valence-electron chi connectivity index (χ4n) is 2.51. The predicted octanol–water partition coefficient (Wildman–Crippen LogP) is 1.39. The van der Waals surface area contributed by atoms with Crippen LogP contribution in [0.2, 0.25) is 0 Å². The Morgan fingerprint density at radius 2 is 2.13 bits per heavy atom. The lowest BCUT2D eigenvalue weighted by atomic mass is 10.1. The molecule has 1 fully saturated rings. The molecule has 1 N–H and O–H groups in total. The summed E-state index contributed by atoms with van der Waals surface area (Å²) in [6, 6.07) is 6.46. The van der Waals surface area contributed by atoms with Gasteiger partial charge in [0.15, 0.2) is 15.9 Å². The number of β-amino-alcohol motifs (C(OH)–C–C–N with tert-alkyl or cyclic N) is 1. The summed E-state index contributed by atoms with van der Waals surface area (Å²) in [5.41, 5.74) is 0.468. The van der Waals surface area contributed by atoms with Crippen LogP contribution in [0.25, 0.3) is 0 Å².